The van der Waals surface area contributed by atoms with Crippen LogP contribution in [0.4, 0.5) is 5.69 Å². The molecule has 2 aromatic rings. The Bertz CT molecular complexity index is 675. The van der Waals surface area contributed by atoms with E-state index in [0.717, 1.165) is 48.5 Å². The highest BCUT2D eigenvalue weighted by Crippen LogP contribution is 2.40. The fourth-order valence-corrected chi connectivity index (χ4v) is 2.83. The lowest BCUT2D eigenvalue weighted by Crippen LogP contribution is -2.43. The molecular formula is C16H20ClN3O2. The van der Waals surface area contributed by atoms with Gasteiger partial charge in [0.1, 0.15) is 5.52 Å². The van der Waals surface area contributed by atoms with Crippen LogP contribution in [-0.4, -0.2) is 23.5 Å². The van der Waals surface area contributed by atoms with Crippen LogP contribution in [0.5, 0.6) is 0 Å². The number of nitrogens with one attached hydrogen (secondary N) is 2. The number of carbonyl (C=O) groups excluding carboxylic acids is 1. The largest absolute Gasteiger partial charge is 0.440 e. The Hall–Kier alpha value is -1.59. The molecule has 1 atom stereocenters. The van der Waals surface area contributed by atoms with E-state index in [1.807, 2.05) is 18.2 Å². The van der Waals surface area contributed by atoms with Gasteiger partial charge in [-0.25, -0.2) is 4.98 Å². The molecule has 118 valence electrons. The molecule has 6 heteroatoms. The Kier molecular flexibility index (Phi) is 4.36. The standard InChI is InChI=1S/C16H19N3O2.ClH/c20-15(12-3-1-2-8-17-12)18-11-6-7-14-13(9-11)19-16(21-14)10-4-5-10;/h6-7,9-10,12,17H,1-5,8H2,(H,18,20);1H/t12-;/m0./s1. The molecule has 2 aliphatic rings. The lowest BCUT2D eigenvalue weighted by molar-refractivity contribution is -0.118. The Morgan fingerprint density at radius 1 is 1.27 bits per heavy atom. The van der Waals surface area contributed by atoms with E-state index in [9.17, 15) is 4.79 Å². The zero-order valence-electron chi connectivity index (χ0n) is 12.3. The van der Waals surface area contributed by atoms with E-state index in [1.54, 1.807) is 0 Å². The van der Waals surface area contributed by atoms with E-state index in [1.165, 1.54) is 12.8 Å². The summed E-state index contributed by atoms with van der Waals surface area (Å²) in [6.07, 6.45) is 5.51. The normalized spacial score (nSPS) is 21.4. The third kappa shape index (κ3) is 3.10. The molecule has 1 aliphatic heterocycles. The van der Waals surface area contributed by atoms with Gasteiger partial charge in [-0.05, 0) is 50.4 Å². The third-order valence-electron chi connectivity index (χ3n) is 4.23. The van der Waals surface area contributed by atoms with Gasteiger partial charge in [0.05, 0.1) is 6.04 Å². The molecule has 1 aliphatic carbocycles. The monoisotopic (exact) mass is 321 g/mol. The van der Waals surface area contributed by atoms with Crippen molar-refractivity contribution in [2.45, 2.75) is 44.1 Å². The number of hydrogen-bond acceptors (Lipinski definition) is 4. The number of fused-ring (bicyclic) bond motifs is 1. The Balaban J connectivity index is 0.00000144. The molecule has 0 bridgehead atoms. The van der Waals surface area contributed by atoms with Gasteiger partial charge in [0.2, 0.25) is 5.91 Å². The van der Waals surface area contributed by atoms with Gasteiger partial charge in [-0.2, -0.15) is 0 Å². The molecule has 1 saturated heterocycles. The summed E-state index contributed by atoms with van der Waals surface area (Å²) in [5.74, 6) is 1.38. The van der Waals surface area contributed by atoms with Crippen molar-refractivity contribution in [3.63, 3.8) is 0 Å². The van der Waals surface area contributed by atoms with E-state index >= 15 is 0 Å². The van der Waals surface area contributed by atoms with Crippen LogP contribution in [0.15, 0.2) is 22.6 Å². The predicted molar refractivity (Wildman–Crippen MR) is 87.5 cm³/mol. The van der Waals surface area contributed by atoms with Gasteiger partial charge in [0, 0.05) is 11.6 Å². The van der Waals surface area contributed by atoms with Crippen molar-refractivity contribution in [3.8, 4) is 0 Å². The molecule has 1 aromatic carbocycles. The summed E-state index contributed by atoms with van der Waals surface area (Å²) in [4.78, 5) is 16.7. The molecule has 0 spiro atoms. The number of oxazole rings is 1. The van der Waals surface area contributed by atoms with Gasteiger partial charge >= 0.3 is 0 Å². The van der Waals surface area contributed by atoms with Crippen molar-refractivity contribution in [3.05, 3.63) is 24.1 Å². The average Bonchev–Trinajstić information content (AvgIpc) is 3.28. The molecule has 2 heterocycles. The van der Waals surface area contributed by atoms with Gasteiger partial charge in [-0.3, -0.25) is 4.79 Å². The van der Waals surface area contributed by atoms with Crippen molar-refractivity contribution in [2.24, 2.45) is 0 Å². The molecule has 4 rings (SSSR count). The first kappa shape index (κ1) is 15.3. The minimum absolute atomic E-state index is 0. The highest BCUT2D eigenvalue weighted by Gasteiger charge is 2.29. The number of rotatable bonds is 3. The molecule has 22 heavy (non-hydrogen) atoms. The first-order valence-corrected chi connectivity index (χ1v) is 7.74. The topological polar surface area (TPSA) is 67.2 Å². The van der Waals surface area contributed by atoms with Crippen molar-refractivity contribution >= 4 is 35.1 Å². The van der Waals surface area contributed by atoms with Crippen LogP contribution in [-0.2, 0) is 4.79 Å². The maximum absolute atomic E-state index is 12.2. The Morgan fingerprint density at radius 2 is 2.14 bits per heavy atom. The second-order valence-corrected chi connectivity index (χ2v) is 6.00. The fourth-order valence-electron chi connectivity index (χ4n) is 2.83. The van der Waals surface area contributed by atoms with E-state index < -0.39 is 0 Å². The average molecular weight is 322 g/mol. The SMILES string of the molecule is Cl.O=C(Nc1ccc2oc(C3CC3)nc2c1)[C@@H]1CCCCN1. The molecule has 2 N–H and O–H groups in total. The second-order valence-electron chi connectivity index (χ2n) is 6.00. The Labute approximate surface area is 135 Å². The van der Waals surface area contributed by atoms with Crippen LogP contribution in [0.1, 0.15) is 43.9 Å². The van der Waals surface area contributed by atoms with Gasteiger partial charge < -0.3 is 15.1 Å². The van der Waals surface area contributed by atoms with Crippen LogP contribution < -0.4 is 10.6 Å². The van der Waals surface area contributed by atoms with E-state index in [4.69, 9.17) is 4.42 Å². The molecule has 0 unspecified atom stereocenters. The number of benzene rings is 1. The smallest absolute Gasteiger partial charge is 0.241 e. The number of halogens is 1. The van der Waals surface area contributed by atoms with Crippen LogP contribution in [0.3, 0.4) is 0 Å². The summed E-state index contributed by atoms with van der Waals surface area (Å²) in [5.41, 5.74) is 2.41. The molecule has 2 fully saturated rings. The summed E-state index contributed by atoms with van der Waals surface area (Å²) in [5, 5.41) is 6.23. The van der Waals surface area contributed by atoms with Gasteiger partial charge in [0.25, 0.3) is 0 Å². The van der Waals surface area contributed by atoms with Gasteiger partial charge in [-0.1, -0.05) is 6.42 Å². The van der Waals surface area contributed by atoms with E-state index in [2.05, 4.69) is 15.6 Å². The number of hydrogen-bond donors (Lipinski definition) is 2. The summed E-state index contributed by atoms with van der Waals surface area (Å²) in [7, 11) is 0. The summed E-state index contributed by atoms with van der Waals surface area (Å²) >= 11 is 0. The second kappa shape index (κ2) is 6.26. The number of carbonyl (C=O) groups is 1. The number of amides is 1. The lowest BCUT2D eigenvalue weighted by Gasteiger charge is -2.22. The van der Waals surface area contributed by atoms with Crippen molar-refractivity contribution in [1.82, 2.24) is 10.3 Å². The fraction of sp³-hybridized carbons (Fsp3) is 0.500. The van der Waals surface area contributed by atoms with Crippen molar-refractivity contribution in [1.29, 1.82) is 0 Å². The summed E-state index contributed by atoms with van der Waals surface area (Å²) in [6.45, 7) is 0.922. The quantitative estimate of drug-likeness (QED) is 0.911. The van der Waals surface area contributed by atoms with E-state index in [-0.39, 0.29) is 24.4 Å². The molecule has 1 aromatic heterocycles. The zero-order chi connectivity index (χ0) is 14.2. The maximum atomic E-state index is 12.2. The first-order valence-electron chi connectivity index (χ1n) is 7.74. The van der Waals surface area contributed by atoms with Crippen molar-refractivity contribution in [2.75, 3.05) is 11.9 Å². The van der Waals surface area contributed by atoms with Gasteiger partial charge in [-0.15, -0.1) is 12.4 Å². The molecule has 0 radical (unpaired) electrons. The zero-order valence-corrected chi connectivity index (χ0v) is 13.1. The molecule has 1 amide bonds. The highest BCUT2D eigenvalue weighted by molar-refractivity contribution is 5.96. The number of aromatic nitrogens is 1. The number of anilines is 1. The first-order chi connectivity index (χ1) is 10.3. The van der Waals surface area contributed by atoms with Gasteiger partial charge in [0.15, 0.2) is 11.5 Å². The number of nitrogens with zero attached hydrogens (tertiary/aromatic N) is 1. The van der Waals surface area contributed by atoms with Crippen LogP contribution in [0, 0.1) is 0 Å². The van der Waals surface area contributed by atoms with Crippen LogP contribution in [0.2, 0.25) is 0 Å². The summed E-state index contributed by atoms with van der Waals surface area (Å²) in [6, 6.07) is 5.59. The number of piperidine rings is 1. The molecule has 5 nitrogen and oxygen atoms in total. The predicted octanol–water partition coefficient (Wildman–Crippen LogP) is 3.21. The van der Waals surface area contributed by atoms with E-state index in [0.29, 0.717) is 5.92 Å². The highest BCUT2D eigenvalue weighted by atomic mass is 35.5. The van der Waals surface area contributed by atoms with Crippen LogP contribution >= 0.6 is 12.4 Å². The van der Waals surface area contributed by atoms with Crippen molar-refractivity contribution < 1.29 is 9.21 Å². The minimum Gasteiger partial charge on any atom is -0.440 e. The summed E-state index contributed by atoms with van der Waals surface area (Å²) < 4.78 is 5.73. The lowest BCUT2D eigenvalue weighted by atomic mass is 10.0. The molecule has 1 saturated carbocycles. The Morgan fingerprint density at radius 3 is 2.86 bits per heavy atom. The molecular weight excluding hydrogens is 302 g/mol. The maximum Gasteiger partial charge on any atom is 0.241 e. The third-order valence-corrected chi connectivity index (χ3v) is 4.23. The van der Waals surface area contributed by atoms with Crippen LogP contribution in [0.25, 0.3) is 11.1 Å². The minimum atomic E-state index is -0.0752.